The van der Waals surface area contributed by atoms with E-state index in [9.17, 15) is 13.2 Å². The average Bonchev–Trinajstić information content (AvgIpc) is 3.01. The fourth-order valence-corrected chi connectivity index (χ4v) is 3.73. The van der Waals surface area contributed by atoms with E-state index in [1.165, 1.54) is 4.68 Å². The standard InChI is InChI=1S/C17H29N5O5S/c1-15(2)17(23)18-3-7-26-9-10-27-8-4-22-14-16(19-20-22)13-21-5-11-28(24,25)12-6-21/h14H,1,3-13H2,2H3,(H,18,23)/i14D. The van der Waals surface area contributed by atoms with Crippen LogP contribution in [0.4, 0.5) is 0 Å². The fourth-order valence-electron chi connectivity index (χ4n) is 2.45. The SMILES string of the molecule is [2H]c1c(CN2CCS(=O)(=O)CC2)nnn1CCOCCOCCNC(=O)C(=C)C. The summed E-state index contributed by atoms with van der Waals surface area (Å²) in [6, 6.07) is 0. The van der Waals surface area contributed by atoms with Crippen LogP contribution in [0.2, 0.25) is 0 Å². The molecule has 158 valence electrons. The summed E-state index contributed by atoms with van der Waals surface area (Å²) in [6.45, 7) is 8.89. The number of sulfone groups is 1. The summed E-state index contributed by atoms with van der Waals surface area (Å²) in [5.74, 6) is 0.100. The van der Waals surface area contributed by atoms with Crippen molar-refractivity contribution in [1.29, 1.82) is 0 Å². The topological polar surface area (TPSA) is 116 Å². The highest BCUT2D eigenvalue weighted by molar-refractivity contribution is 7.91. The molecule has 1 aromatic rings. The van der Waals surface area contributed by atoms with Crippen LogP contribution in [-0.2, 0) is 37.2 Å². The highest BCUT2D eigenvalue weighted by Crippen LogP contribution is 2.07. The van der Waals surface area contributed by atoms with Crippen LogP contribution in [0.5, 0.6) is 0 Å². The van der Waals surface area contributed by atoms with E-state index in [1.54, 1.807) is 6.92 Å². The van der Waals surface area contributed by atoms with Gasteiger partial charge in [0, 0.05) is 37.9 Å². The Bertz CT molecular complexity index is 784. The molecule has 0 aromatic carbocycles. The minimum absolute atomic E-state index is 0.144. The van der Waals surface area contributed by atoms with E-state index in [0.717, 1.165) is 0 Å². The summed E-state index contributed by atoms with van der Waals surface area (Å²) in [4.78, 5) is 13.2. The van der Waals surface area contributed by atoms with Gasteiger partial charge in [0.1, 0.15) is 0 Å². The predicted octanol–water partition coefficient (Wildman–Crippen LogP) is -0.766. The highest BCUT2D eigenvalue weighted by atomic mass is 32.2. The molecule has 1 saturated heterocycles. The first-order chi connectivity index (χ1) is 13.8. The Morgan fingerprint density at radius 1 is 1.29 bits per heavy atom. The third-order valence-corrected chi connectivity index (χ3v) is 5.69. The normalized spacial score (nSPS) is 17.2. The molecule has 1 amide bonds. The fraction of sp³-hybridized carbons (Fsp3) is 0.706. The molecular formula is C17H29N5O5S. The second-order valence-corrected chi connectivity index (χ2v) is 8.86. The quantitative estimate of drug-likeness (QED) is 0.349. The average molecular weight is 417 g/mol. The van der Waals surface area contributed by atoms with Gasteiger partial charge < -0.3 is 14.8 Å². The Labute approximate surface area is 167 Å². The van der Waals surface area contributed by atoms with Gasteiger partial charge in [-0.3, -0.25) is 9.69 Å². The van der Waals surface area contributed by atoms with E-state index < -0.39 is 9.84 Å². The van der Waals surface area contributed by atoms with E-state index in [0.29, 0.717) is 70.4 Å². The zero-order chi connectivity index (χ0) is 21.3. The lowest BCUT2D eigenvalue weighted by atomic mass is 10.3. The van der Waals surface area contributed by atoms with Crippen molar-refractivity contribution in [3.05, 3.63) is 24.0 Å². The van der Waals surface area contributed by atoms with E-state index >= 15 is 0 Å². The van der Waals surface area contributed by atoms with Crippen LogP contribution in [0.3, 0.4) is 0 Å². The van der Waals surface area contributed by atoms with Crippen molar-refractivity contribution in [2.75, 3.05) is 57.6 Å². The van der Waals surface area contributed by atoms with Gasteiger partial charge in [-0.15, -0.1) is 5.10 Å². The second-order valence-electron chi connectivity index (χ2n) is 6.56. The second kappa shape index (κ2) is 11.2. The van der Waals surface area contributed by atoms with Crippen molar-refractivity contribution in [1.82, 2.24) is 25.2 Å². The zero-order valence-electron chi connectivity index (χ0n) is 17.2. The first kappa shape index (κ1) is 20.9. The largest absolute Gasteiger partial charge is 0.377 e. The summed E-state index contributed by atoms with van der Waals surface area (Å²) in [5.41, 5.74) is 0.992. The van der Waals surface area contributed by atoms with Gasteiger partial charge in [-0.05, 0) is 6.92 Å². The summed E-state index contributed by atoms with van der Waals surface area (Å²) in [6.07, 6.45) is 0.214. The van der Waals surface area contributed by atoms with Crippen molar-refractivity contribution >= 4 is 15.7 Å². The molecular weight excluding hydrogens is 386 g/mol. The van der Waals surface area contributed by atoms with Gasteiger partial charge >= 0.3 is 0 Å². The molecule has 0 saturated carbocycles. The van der Waals surface area contributed by atoms with E-state index in [2.05, 4.69) is 22.2 Å². The number of hydrogen-bond acceptors (Lipinski definition) is 8. The number of amides is 1. The minimum Gasteiger partial charge on any atom is -0.377 e. The van der Waals surface area contributed by atoms with Gasteiger partial charge in [0.25, 0.3) is 0 Å². The maximum Gasteiger partial charge on any atom is 0.246 e. The first-order valence-corrected chi connectivity index (χ1v) is 11.0. The molecule has 1 aliphatic heterocycles. The number of aromatic nitrogens is 3. The maximum absolute atomic E-state index is 11.5. The van der Waals surface area contributed by atoms with Gasteiger partial charge in [-0.1, -0.05) is 11.8 Å². The summed E-state index contributed by atoms with van der Waals surface area (Å²) >= 11 is 0. The van der Waals surface area contributed by atoms with Crippen LogP contribution in [0.15, 0.2) is 18.3 Å². The molecule has 0 aliphatic carbocycles. The molecule has 2 rings (SSSR count). The molecule has 28 heavy (non-hydrogen) atoms. The minimum atomic E-state index is -2.92. The number of carbonyl (C=O) groups is 1. The first-order valence-electron chi connectivity index (χ1n) is 9.69. The highest BCUT2D eigenvalue weighted by Gasteiger charge is 2.22. The van der Waals surface area contributed by atoms with Crippen molar-refractivity contribution < 1.29 is 24.1 Å². The maximum atomic E-state index is 11.5. The molecule has 0 spiro atoms. The molecule has 0 unspecified atom stereocenters. The Balaban J connectivity index is 1.57. The monoisotopic (exact) mass is 416 g/mol. The molecule has 0 atom stereocenters. The Kier molecular flexibility index (Phi) is 8.40. The van der Waals surface area contributed by atoms with Crippen molar-refractivity contribution in [3.63, 3.8) is 0 Å². The van der Waals surface area contributed by atoms with Crippen LogP contribution in [-0.4, -0.2) is 91.8 Å². The van der Waals surface area contributed by atoms with E-state index in [-0.39, 0.29) is 23.6 Å². The van der Waals surface area contributed by atoms with Gasteiger partial charge in [-0.2, -0.15) is 0 Å². The number of nitrogens with zero attached hydrogens (tertiary/aromatic N) is 4. The Hall–Kier alpha value is -1.82. The number of hydrogen-bond donors (Lipinski definition) is 1. The van der Waals surface area contributed by atoms with Crippen LogP contribution < -0.4 is 5.32 Å². The lowest BCUT2D eigenvalue weighted by Crippen LogP contribution is -2.39. The summed E-state index contributed by atoms with van der Waals surface area (Å²) < 4.78 is 43.4. The number of carbonyl (C=O) groups excluding carboxylic acids is 1. The van der Waals surface area contributed by atoms with Gasteiger partial charge in [-0.25, -0.2) is 13.1 Å². The molecule has 11 heteroatoms. The molecule has 0 bridgehead atoms. The van der Waals surface area contributed by atoms with E-state index in [1.807, 2.05) is 4.90 Å². The Morgan fingerprint density at radius 3 is 2.64 bits per heavy atom. The predicted molar refractivity (Wildman–Crippen MR) is 103 cm³/mol. The molecule has 2 heterocycles. The van der Waals surface area contributed by atoms with Gasteiger partial charge in [0.15, 0.2) is 9.84 Å². The molecule has 10 nitrogen and oxygen atoms in total. The molecule has 0 radical (unpaired) electrons. The lowest BCUT2D eigenvalue weighted by Gasteiger charge is -2.25. The molecule has 1 aliphatic rings. The van der Waals surface area contributed by atoms with E-state index in [4.69, 9.17) is 10.8 Å². The number of nitrogens with one attached hydrogen (secondary N) is 1. The third kappa shape index (κ3) is 8.46. The molecule has 1 fully saturated rings. The van der Waals surface area contributed by atoms with Gasteiger partial charge in [0.05, 0.1) is 51.5 Å². The van der Waals surface area contributed by atoms with Crippen LogP contribution in [0.1, 0.15) is 14.0 Å². The Morgan fingerprint density at radius 2 is 1.96 bits per heavy atom. The zero-order valence-corrected chi connectivity index (χ0v) is 17.0. The molecule has 1 N–H and O–H groups in total. The van der Waals surface area contributed by atoms with Gasteiger partial charge in [0.2, 0.25) is 5.91 Å². The van der Waals surface area contributed by atoms with Crippen LogP contribution in [0.25, 0.3) is 0 Å². The molecule has 1 aromatic heterocycles. The van der Waals surface area contributed by atoms with Crippen LogP contribution in [0, 0.1) is 0 Å². The summed E-state index contributed by atoms with van der Waals surface area (Å²) in [7, 11) is -2.92. The smallest absolute Gasteiger partial charge is 0.246 e. The summed E-state index contributed by atoms with van der Waals surface area (Å²) in [5, 5.41) is 10.7. The lowest BCUT2D eigenvalue weighted by molar-refractivity contribution is -0.117. The van der Waals surface area contributed by atoms with Crippen molar-refractivity contribution in [2.24, 2.45) is 0 Å². The third-order valence-electron chi connectivity index (χ3n) is 4.08. The van der Waals surface area contributed by atoms with Crippen molar-refractivity contribution in [2.45, 2.75) is 20.0 Å². The van der Waals surface area contributed by atoms with Crippen molar-refractivity contribution in [3.8, 4) is 0 Å². The number of ether oxygens (including phenoxy) is 2. The van der Waals surface area contributed by atoms with Crippen LogP contribution >= 0.6 is 0 Å². The number of rotatable bonds is 12.